The van der Waals surface area contributed by atoms with E-state index in [1.807, 2.05) is 13.8 Å². The number of aliphatic hydroxyl groups is 2. The van der Waals surface area contributed by atoms with Crippen LogP contribution < -0.4 is 10.6 Å². The molecule has 0 aromatic carbocycles. The fourth-order valence-electron chi connectivity index (χ4n) is 4.58. The first-order valence-corrected chi connectivity index (χ1v) is 15.2. The van der Waals surface area contributed by atoms with Crippen molar-refractivity contribution in [3.63, 3.8) is 0 Å². The summed E-state index contributed by atoms with van der Waals surface area (Å²) < 4.78 is 11.2. The van der Waals surface area contributed by atoms with Gasteiger partial charge in [0, 0.05) is 7.11 Å². The zero-order valence-corrected chi connectivity index (χ0v) is 25.3. The normalized spacial score (nSPS) is 14.5. The van der Waals surface area contributed by atoms with Crippen LogP contribution in [0.3, 0.4) is 0 Å². The van der Waals surface area contributed by atoms with Gasteiger partial charge in [0.15, 0.2) is 0 Å². The third-order valence-electron chi connectivity index (χ3n) is 6.86. The Morgan fingerprint density at radius 2 is 1.31 bits per heavy atom. The number of esters is 1. The molecule has 0 heterocycles. The van der Waals surface area contributed by atoms with Crippen molar-refractivity contribution in [3.05, 3.63) is 0 Å². The Hall–Kier alpha value is -1.71. The van der Waals surface area contributed by atoms with E-state index in [-0.39, 0.29) is 31.5 Å². The Labute approximate surface area is 237 Å². The van der Waals surface area contributed by atoms with Crippen LogP contribution in [-0.2, 0) is 23.9 Å². The number of ether oxygens (including phenoxy) is 2. The van der Waals surface area contributed by atoms with E-state index in [1.54, 1.807) is 7.11 Å². The van der Waals surface area contributed by atoms with Crippen molar-refractivity contribution in [2.24, 2.45) is 5.92 Å². The molecule has 0 spiro atoms. The number of methoxy groups -OCH3 is 1. The highest BCUT2D eigenvalue weighted by molar-refractivity contribution is 5.88. The zero-order chi connectivity index (χ0) is 29.5. The molecule has 0 aliphatic rings. The molecule has 2 amide bonds. The molecule has 230 valence electrons. The average molecular weight is 559 g/mol. The second-order valence-corrected chi connectivity index (χ2v) is 11.1. The highest BCUT2D eigenvalue weighted by Crippen LogP contribution is 2.16. The van der Waals surface area contributed by atoms with Crippen LogP contribution in [-0.4, -0.2) is 72.6 Å². The largest absolute Gasteiger partial charge is 0.462 e. The quantitative estimate of drug-likeness (QED) is 0.0963. The van der Waals surface area contributed by atoms with Gasteiger partial charge in [-0.05, 0) is 31.6 Å². The number of carbonyl (C=O) groups is 3. The molecule has 9 nitrogen and oxygen atoms in total. The molecule has 39 heavy (non-hydrogen) atoms. The van der Waals surface area contributed by atoms with Crippen molar-refractivity contribution in [2.45, 2.75) is 148 Å². The van der Waals surface area contributed by atoms with Gasteiger partial charge >= 0.3 is 5.97 Å². The summed E-state index contributed by atoms with van der Waals surface area (Å²) in [6, 6.07) is -1.61. The van der Waals surface area contributed by atoms with Gasteiger partial charge in [-0.15, -0.1) is 0 Å². The molecular weight excluding hydrogens is 500 g/mol. The first-order chi connectivity index (χ1) is 18.7. The molecule has 0 saturated heterocycles. The van der Waals surface area contributed by atoms with Gasteiger partial charge < -0.3 is 30.3 Å². The maximum Gasteiger partial charge on any atom is 0.308 e. The zero-order valence-electron chi connectivity index (χ0n) is 25.3. The fourth-order valence-corrected chi connectivity index (χ4v) is 4.58. The number of unbranched alkanes of at least 4 members (excludes halogenated alkanes) is 8. The van der Waals surface area contributed by atoms with E-state index in [1.165, 1.54) is 19.3 Å². The smallest absolute Gasteiger partial charge is 0.308 e. The van der Waals surface area contributed by atoms with Gasteiger partial charge in [-0.25, -0.2) is 0 Å². The lowest BCUT2D eigenvalue weighted by molar-refractivity contribution is -0.153. The Kier molecular flexibility index (Phi) is 23.1. The molecule has 0 radical (unpaired) electrons. The maximum absolute atomic E-state index is 12.8. The Bertz CT molecular complexity index is 645. The van der Waals surface area contributed by atoms with Crippen LogP contribution in [0.25, 0.3) is 0 Å². The molecule has 0 saturated carbocycles. The number of amides is 2. The summed E-state index contributed by atoms with van der Waals surface area (Å²) in [5, 5.41) is 24.5. The lowest BCUT2D eigenvalue weighted by Gasteiger charge is -2.24. The van der Waals surface area contributed by atoms with E-state index in [9.17, 15) is 24.6 Å². The minimum atomic E-state index is -1.15. The predicted molar refractivity (Wildman–Crippen MR) is 154 cm³/mol. The summed E-state index contributed by atoms with van der Waals surface area (Å²) in [6.07, 6.45) is 12.0. The summed E-state index contributed by atoms with van der Waals surface area (Å²) in [7, 11) is 1.60. The molecule has 4 atom stereocenters. The van der Waals surface area contributed by atoms with E-state index in [0.29, 0.717) is 12.8 Å². The summed E-state index contributed by atoms with van der Waals surface area (Å²) >= 11 is 0. The number of rotatable bonds is 25. The topological polar surface area (TPSA) is 134 Å². The van der Waals surface area contributed by atoms with Crippen molar-refractivity contribution in [1.29, 1.82) is 0 Å². The van der Waals surface area contributed by atoms with E-state index in [2.05, 4.69) is 24.5 Å². The summed E-state index contributed by atoms with van der Waals surface area (Å²) in [5.41, 5.74) is 0. The SMILES string of the molecule is CCCCCCCC(CC(=O)OC(CCCCCCC)CC(=O)NC(CO)C(=O)NC(CO)CC(C)C)OC. The van der Waals surface area contributed by atoms with Crippen molar-refractivity contribution >= 4 is 17.8 Å². The Balaban J connectivity index is 5.01. The van der Waals surface area contributed by atoms with Crippen molar-refractivity contribution in [1.82, 2.24) is 10.6 Å². The Morgan fingerprint density at radius 3 is 1.79 bits per heavy atom. The van der Waals surface area contributed by atoms with Crippen molar-refractivity contribution < 1.29 is 34.1 Å². The number of hydrogen-bond donors (Lipinski definition) is 4. The molecular formula is C30H58N2O7. The summed E-state index contributed by atoms with van der Waals surface area (Å²) in [4.78, 5) is 38.2. The van der Waals surface area contributed by atoms with Gasteiger partial charge in [0.25, 0.3) is 0 Å². The molecule has 0 aliphatic heterocycles. The molecule has 4 N–H and O–H groups in total. The van der Waals surface area contributed by atoms with Gasteiger partial charge in [0.05, 0.1) is 38.2 Å². The average Bonchev–Trinajstić information content (AvgIpc) is 2.89. The molecule has 9 heteroatoms. The molecule has 0 bridgehead atoms. The van der Waals surface area contributed by atoms with Crippen LogP contribution in [0, 0.1) is 5.92 Å². The Morgan fingerprint density at radius 1 is 0.744 bits per heavy atom. The number of carbonyl (C=O) groups excluding carboxylic acids is 3. The molecule has 0 aromatic heterocycles. The van der Waals surface area contributed by atoms with Crippen LogP contribution in [0.4, 0.5) is 0 Å². The standard InChI is InChI=1S/C30H58N2O7/c1-6-8-10-12-14-16-25(38-5)20-29(36)39-26(17-15-13-11-9-7-2)19-28(35)32-27(22-34)30(37)31-24(21-33)18-23(3)4/h23-27,33-34H,6-22H2,1-5H3,(H,31,37)(H,32,35). The van der Waals surface area contributed by atoms with E-state index in [0.717, 1.165) is 51.4 Å². The second-order valence-electron chi connectivity index (χ2n) is 11.1. The van der Waals surface area contributed by atoms with Crippen molar-refractivity contribution in [3.8, 4) is 0 Å². The second kappa shape index (κ2) is 24.1. The third kappa shape index (κ3) is 19.9. The van der Waals surface area contributed by atoms with Crippen LogP contribution in [0.1, 0.15) is 124 Å². The van der Waals surface area contributed by atoms with Crippen LogP contribution in [0.15, 0.2) is 0 Å². The van der Waals surface area contributed by atoms with E-state index in [4.69, 9.17) is 9.47 Å². The van der Waals surface area contributed by atoms with Gasteiger partial charge in [-0.3, -0.25) is 14.4 Å². The van der Waals surface area contributed by atoms with Crippen LogP contribution in [0.5, 0.6) is 0 Å². The minimum Gasteiger partial charge on any atom is -0.462 e. The summed E-state index contributed by atoms with van der Waals surface area (Å²) in [6.45, 7) is 7.47. The van der Waals surface area contributed by atoms with E-state index >= 15 is 0 Å². The van der Waals surface area contributed by atoms with Gasteiger partial charge in [-0.1, -0.05) is 85.5 Å². The van der Waals surface area contributed by atoms with Gasteiger partial charge in [0.1, 0.15) is 12.1 Å². The maximum atomic E-state index is 12.8. The minimum absolute atomic E-state index is 0.0899. The molecule has 0 rings (SSSR count). The van der Waals surface area contributed by atoms with E-state index < -0.39 is 42.6 Å². The molecule has 0 fully saturated rings. The first kappa shape index (κ1) is 37.3. The van der Waals surface area contributed by atoms with Gasteiger partial charge in [0.2, 0.25) is 11.8 Å². The van der Waals surface area contributed by atoms with Crippen LogP contribution in [0.2, 0.25) is 0 Å². The van der Waals surface area contributed by atoms with Crippen molar-refractivity contribution in [2.75, 3.05) is 20.3 Å². The highest BCUT2D eigenvalue weighted by Gasteiger charge is 2.26. The monoisotopic (exact) mass is 558 g/mol. The van der Waals surface area contributed by atoms with Gasteiger partial charge in [-0.2, -0.15) is 0 Å². The number of hydrogen-bond acceptors (Lipinski definition) is 7. The number of nitrogens with one attached hydrogen (secondary N) is 2. The number of aliphatic hydroxyl groups excluding tert-OH is 2. The highest BCUT2D eigenvalue weighted by atomic mass is 16.5. The molecule has 0 aromatic rings. The van der Waals surface area contributed by atoms with Crippen LogP contribution >= 0.6 is 0 Å². The predicted octanol–water partition coefficient (Wildman–Crippen LogP) is 4.41. The lowest BCUT2D eigenvalue weighted by Crippen LogP contribution is -2.52. The fraction of sp³-hybridized carbons (Fsp3) is 0.900. The third-order valence-corrected chi connectivity index (χ3v) is 6.86. The first-order valence-electron chi connectivity index (χ1n) is 15.2. The lowest BCUT2D eigenvalue weighted by atomic mass is 10.0. The molecule has 4 unspecified atom stereocenters. The molecule has 0 aliphatic carbocycles. The summed E-state index contributed by atoms with van der Waals surface area (Å²) in [5.74, 6) is -1.16.